The number of pyridine rings is 1. The van der Waals surface area contributed by atoms with Gasteiger partial charge in [0.15, 0.2) is 17.1 Å². The molecular weight excluding hydrogens is 295 g/mol. The summed E-state index contributed by atoms with van der Waals surface area (Å²) < 4.78 is 50.4. The molecule has 3 rings (SSSR count). The van der Waals surface area contributed by atoms with E-state index in [1.807, 2.05) is 0 Å². The number of halogens is 3. The first-order valence-corrected chi connectivity index (χ1v) is 6.81. The van der Waals surface area contributed by atoms with Crippen molar-refractivity contribution < 1.29 is 22.6 Å². The summed E-state index contributed by atoms with van der Waals surface area (Å²) in [4.78, 5) is 0. The molecule has 20 heavy (non-hydrogen) atoms. The lowest BCUT2D eigenvalue weighted by atomic mass is 10.3. The Morgan fingerprint density at radius 3 is 2.70 bits per heavy atom. The fourth-order valence-electron chi connectivity index (χ4n) is 1.88. The molecule has 0 amide bonds. The molecule has 0 bridgehead atoms. The van der Waals surface area contributed by atoms with E-state index in [4.69, 9.17) is 9.47 Å². The number of thioether (sulfide) groups is 1. The lowest BCUT2D eigenvalue weighted by Gasteiger charge is -2.11. The lowest BCUT2D eigenvalue weighted by Crippen LogP contribution is -2.13. The average molecular weight is 305 g/mol. The second kappa shape index (κ2) is 5.23. The molecule has 1 aliphatic heterocycles. The van der Waals surface area contributed by atoms with Crippen molar-refractivity contribution in [2.24, 2.45) is 0 Å². The third kappa shape index (κ3) is 2.60. The van der Waals surface area contributed by atoms with Crippen molar-refractivity contribution in [2.45, 2.75) is 17.6 Å². The molecule has 2 aromatic rings. The van der Waals surface area contributed by atoms with E-state index in [9.17, 15) is 13.2 Å². The van der Waals surface area contributed by atoms with Crippen LogP contribution >= 0.6 is 11.8 Å². The van der Waals surface area contributed by atoms with Gasteiger partial charge in [0.1, 0.15) is 5.69 Å². The van der Waals surface area contributed by atoms with E-state index in [2.05, 4.69) is 10.2 Å². The quantitative estimate of drug-likeness (QED) is 0.814. The maximum Gasteiger partial charge on any atom is 0.431 e. The van der Waals surface area contributed by atoms with Gasteiger partial charge in [-0.25, -0.2) is 0 Å². The number of alkyl halides is 3. The monoisotopic (exact) mass is 305 g/mol. The number of hydrogen-bond donors (Lipinski definition) is 0. The zero-order valence-electron chi connectivity index (χ0n) is 10.1. The van der Waals surface area contributed by atoms with Crippen LogP contribution in [-0.4, -0.2) is 39.9 Å². The summed E-state index contributed by atoms with van der Waals surface area (Å²) in [5, 5.41) is 7.72. The summed E-state index contributed by atoms with van der Waals surface area (Å²) in [5.41, 5.74) is -0.633. The van der Waals surface area contributed by atoms with Crippen LogP contribution < -0.4 is 0 Å². The number of fused-ring (bicyclic) bond motifs is 1. The molecule has 0 spiro atoms. The van der Waals surface area contributed by atoms with Crippen LogP contribution in [0, 0.1) is 0 Å². The van der Waals surface area contributed by atoms with E-state index in [0.29, 0.717) is 19.0 Å². The summed E-state index contributed by atoms with van der Waals surface area (Å²) in [6.45, 7) is 0.999. The van der Waals surface area contributed by atoms with Crippen LogP contribution in [0.25, 0.3) is 5.65 Å². The number of hydrogen-bond acceptors (Lipinski definition) is 5. The molecule has 0 atom stereocenters. The summed E-state index contributed by atoms with van der Waals surface area (Å²) in [6, 6.07) is 3.79. The Bertz CT molecular complexity index is 610. The van der Waals surface area contributed by atoms with Gasteiger partial charge < -0.3 is 9.47 Å². The van der Waals surface area contributed by atoms with Crippen molar-refractivity contribution in [3.05, 3.63) is 23.9 Å². The van der Waals surface area contributed by atoms with Crippen LogP contribution in [0.4, 0.5) is 13.2 Å². The van der Waals surface area contributed by atoms with Gasteiger partial charge in [0.05, 0.1) is 19.0 Å². The highest BCUT2D eigenvalue weighted by atomic mass is 32.2. The predicted octanol–water partition coefficient (Wildman–Crippen LogP) is 2.21. The number of aromatic nitrogens is 3. The highest BCUT2D eigenvalue weighted by Crippen LogP contribution is 2.32. The zero-order chi connectivity index (χ0) is 14.2. The van der Waals surface area contributed by atoms with Gasteiger partial charge >= 0.3 is 6.18 Å². The second-order valence-corrected chi connectivity index (χ2v) is 5.05. The maximum atomic E-state index is 13.0. The third-order valence-electron chi connectivity index (χ3n) is 2.73. The Morgan fingerprint density at radius 1 is 1.25 bits per heavy atom. The molecule has 1 aliphatic rings. The lowest BCUT2D eigenvalue weighted by molar-refractivity contribution is -0.142. The molecular formula is C11H10F3N3O2S. The topological polar surface area (TPSA) is 48.7 Å². The standard InChI is InChI=1S/C11H10F3N3O2S/c12-11(13,14)7-2-1-3-8-15-16-10(17(7)8)20-6-9-18-4-5-19-9/h1-3,9H,4-6H2. The largest absolute Gasteiger partial charge is 0.431 e. The van der Waals surface area contributed by atoms with Crippen LogP contribution in [-0.2, 0) is 15.7 Å². The molecule has 0 saturated carbocycles. The molecule has 2 aromatic heterocycles. The van der Waals surface area contributed by atoms with Crippen molar-refractivity contribution in [1.82, 2.24) is 14.6 Å². The molecule has 0 N–H and O–H groups in total. The van der Waals surface area contributed by atoms with Crippen LogP contribution in [0.3, 0.4) is 0 Å². The van der Waals surface area contributed by atoms with Gasteiger partial charge in [-0.1, -0.05) is 17.8 Å². The highest BCUT2D eigenvalue weighted by molar-refractivity contribution is 7.99. The van der Waals surface area contributed by atoms with E-state index in [1.54, 1.807) is 0 Å². The van der Waals surface area contributed by atoms with Crippen LogP contribution in [0.5, 0.6) is 0 Å². The van der Waals surface area contributed by atoms with Gasteiger partial charge in [-0.2, -0.15) is 13.2 Å². The van der Waals surface area contributed by atoms with Crippen molar-refractivity contribution in [2.75, 3.05) is 19.0 Å². The maximum absolute atomic E-state index is 13.0. The minimum absolute atomic E-state index is 0.163. The Morgan fingerprint density at radius 2 is 2.00 bits per heavy atom. The fourth-order valence-corrected chi connectivity index (χ4v) is 2.77. The average Bonchev–Trinajstić information content (AvgIpc) is 3.04. The summed E-state index contributed by atoms with van der Waals surface area (Å²) >= 11 is 1.12. The van der Waals surface area contributed by atoms with Gasteiger partial charge in [-0.15, -0.1) is 10.2 Å². The second-order valence-electron chi connectivity index (χ2n) is 4.07. The summed E-state index contributed by atoms with van der Waals surface area (Å²) in [7, 11) is 0. The first-order chi connectivity index (χ1) is 9.55. The minimum atomic E-state index is -4.46. The number of ether oxygens (including phenoxy) is 2. The van der Waals surface area contributed by atoms with Gasteiger partial charge in [-0.3, -0.25) is 4.40 Å². The van der Waals surface area contributed by atoms with E-state index in [0.717, 1.165) is 22.2 Å². The Labute approximate surface area is 116 Å². The van der Waals surface area contributed by atoms with Gasteiger partial charge in [0.25, 0.3) is 0 Å². The first-order valence-electron chi connectivity index (χ1n) is 5.83. The first kappa shape index (κ1) is 13.7. The molecule has 9 heteroatoms. The van der Waals surface area contributed by atoms with Crippen LogP contribution in [0.2, 0.25) is 0 Å². The fraction of sp³-hybridized carbons (Fsp3) is 0.455. The molecule has 0 unspecified atom stereocenters. The Hall–Kier alpha value is -1.32. The number of rotatable bonds is 3. The summed E-state index contributed by atoms with van der Waals surface area (Å²) in [6.07, 6.45) is -4.87. The van der Waals surface area contributed by atoms with Gasteiger partial charge in [-0.05, 0) is 12.1 Å². The molecule has 0 aromatic carbocycles. The predicted molar refractivity (Wildman–Crippen MR) is 64.4 cm³/mol. The van der Waals surface area contributed by atoms with Crippen LogP contribution in [0.15, 0.2) is 23.4 Å². The highest BCUT2D eigenvalue weighted by Gasteiger charge is 2.34. The SMILES string of the molecule is FC(F)(F)c1cccc2nnc(SCC3OCCO3)n12. The van der Waals surface area contributed by atoms with Crippen LogP contribution in [0.1, 0.15) is 5.69 Å². The van der Waals surface area contributed by atoms with Gasteiger partial charge in [0.2, 0.25) is 0 Å². The molecule has 0 radical (unpaired) electrons. The molecule has 1 fully saturated rings. The van der Waals surface area contributed by atoms with E-state index < -0.39 is 18.2 Å². The van der Waals surface area contributed by atoms with Crippen molar-refractivity contribution in [1.29, 1.82) is 0 Å². The molecule has 1 saturated heterocycles. The van der Waals surface area contributed by atoms with E-state index >= 15 is 0 Å². The molecule has 5 nitrogen and oxygen atoms in total. The van der Waals surface area contributed by atoms with Crippen molar-refractivity contribution >= 4 is 17.4 Å². The smallest absolute Gasteiger partial charge is 0.349 e. The van der Waals surface area contributed by atoms with Crippen molar-refractivity contribution in [3.8, 4) is 0 Å². The van der Waals surface area contributed by atoms with Gasteiger partial charge in [0, 0.05) is 0 Å². The van der Waals surface area contributed by atoms with Crippen molar-refractivity contribution in [3.63, 3.8) is 0 Å². The summed E-state index contributed by atoms with van der Waals surface area (Å²) in [5.74, 6) is 0.368. The number of nitrogens with zero attached hydrogens (tertiary/aromatic N) is 3. The van der Waals surface area contributed by atoms with E-state index in [1.165, 1.54) is 12.1 Å². The zero-order valence-corrected chi connectivity index (χ0v) is 10.9. The molecule has 0 aliphatic carbocycles. The Balaban J connectivity index is 1.90. The van der Waals surface area contributed by atoms with E-state index in [-0.39, 0.29) is 10.8 Å². The normalized spacial score (nSPS) is 17.1. The Kier molecular flexibility index (Phi) is 3.57. The molecule has 108 valence electrons. The third-order valence-corrected chi connectivity index (χ3v) is 3.69. The minimum Gasteiger partial charge on any atom is -0.349 e. The molecule has 3 heterocycles.